The van der Waals surface area contributed by atoms with E-state index in [9.17, 15) is 4.79 Å². The van der Waals surface area contributed by atoms with Gasteiger partial charge in [-0.3, -0.25) is 4.79 Å². The number of hydrogen-bond acceptors (Lipinski definition) is 3. The molecule has 5 heteroatoms. The Morgan fingerprint density at radius 2 is 2.19 bits per heavy atom. The van der Waals surface area contributed by atoms with Gasteiger partial charge in [0.1, 0.15) is 0 Å². The molecule has 0 saturated carbocycles. The normalized spacial score (nSPS) is 10.2. The maximum Gasteiger partial charge on any atom is 0.253 e. The molecule has 0 atom stereocenters. The van der Waals surface area contributed by atoms with Crippen LogP contribution in [0.1, 0.15) is 10.4 Å². The lowest BCUT2D eigenvalue weighted by molar-refractivity contribution is 0.0804. The molecule has 1 rings (SSSR count). The van der Waals surface area contributed by atoms with E-state index < -0.39 is 0 Å². The number of nitrogens with two attached hydrogens (primary N) is 1. The highest BCUT2D eigenvalue weighted by Gasteiger charge is 2.12. The number of anilines is 1. The molecule has 0 aliphatic carbocycles. The second-order valence-corrected chi connectivity index (χ2v) is 4.91. The number of hydrogen-bond donors (Lipinski definition) is 1. The molecule has 0 spiro atoms. The highest BCUT2D eigenvalue weighted by Crippen LogP contribution is 2.17. The number of nitrogen functional groups attached to an aromatic ring is 1. The summed E-state index contributed by atoms with van der Waals surface area (Å²) in [4.78, 5) is 13.6. The summed E-state index contributed by atoms with van der Waals surface area (Å²) in [6, 6.07) is 4.90. The number of thioether (sulfide) groups is 1. The summed E-state index contributed by atoms with van der Waals surface area (Å²) in [6.45, 7) is 0.715. The topological polar surface area (TPSA) is 46.3 Å². The summed E-state index contributed by atoms with van der Waals surface area (Å²) in [5.41, 5.74) is 6.68. The van der Waals surface area contributed by atoms with Crippen molar-refractivity contribution in [3.63, 3.8) is 0 Å². The van der Waals surface area contributed by atoms with Crippen LogP contribution in [0.4, 0.5) is 5.69 Å². The minimum absolute atomic E-state index is 0.0525. The van der Waals surface area contributed by atoms with Crippen LogP contribution in [0, 0.1) is 0 Å². The zero-order valence-electron chi connectivity index (χ0n) is 9.37. The molecular weight excluding hydrogens is 244 g/mol. The number of nitrogens with zero attached hydrogens (tertiary/aromatic N) is 1. The average Bonchev–Trinajstić information content (AvgIpc) is 2.23. The fourth-order valence-corrected chi connectivity index (χ4v) is 1.99. The first kappa shape index (κ1) is 13.2. The summed E-state index contributed by atoms with van der Waals surface area (Å²) in [6.07, 6.45) is 2.01. The van der Waals surface area contributed by atoms with Gasteiger partial charge < -0.3 is 10.6 Å². The van der Waals surface area contributed by atoms with E-state index in [-0.39, 0.29) is 5.91 Å². The standard InChI is InChI=1S/C11H15ClN2OS/c1-14(3-4-16-2)11(15)8-5-9(12)7-10(13)6-8/h5-7H,3-4,13H2,1-2H3. The molecule has 0 aliphatic heterocycles. The molecule has 0 aliphatic rings. The van der Waals surface area contributed by atoms with E-state index in [0.717, 1.165) is 5.75 Å². The van der Waals surface area contributed by atoms with Gasteiger partial charge in [-0.25, -0.2) is 0 Å². The molecule has 2 N–H and O–H groups in total. The Bertz CT molecular complexity index is 364. The van der Waals surface area contributed by atoms with Gasteiger partial charge in [-0.2, -0.15) is 11.8 Å². The molecule has 1 aromatic rings. The number of benzene rings is 1. The summed E-state index contributed by atoms with van der Waals surface area (Å²) in [5.74, 6) is 0.862. The van der Waals surface area contributed by atoms with Gasteiger partial charge in [0, 0.05) is 35.6 Å². The van der Waals surface area contributed by atoms with Crippen molar-refractivity contribution in [1.82, 2.24) is 4.90 Å². The first-order chi connectivity index (χ1) is 7.54. The smallest absolute Gasteiger partial charge is 0.253 e. The van der Waals surface area contributed by atoms with E-state index in [4.69, 9.17) is 17.3 Å². The Balaban J connectivity index is 2.79. The largest absolute Gasteiger partial charge is 0.399 e. The third kappa shape index (κ3) is 3.61. The van der Waals surface area contributed by atoms with Gasteiger partial charge in [0.15, 0.2) is 0 Å². The second-order valence-electron chi connectivity index (χ2n) is 3.49. The van der Waals surface area contributed by atoms with E-state index in [1.165, 1.54) is 0 Å². The summed E-state index contributed by atoms with van der Waals surface area (Å²) < 4.78 is 0. The van der Waals surface area contributed by atoms with Crippen molar-refractivity contribution in [3.05, 3.63) is 28.8 Å². The Labute approximate surface area is 105 Å². The van der Waals surface area contributed by atoms with E-state index >= 15 is 0 Å². The van der Waals surface area contributed by atoms with Gasteiger partial charge in [-0.15, -0.1) is 0 Å². The van der Waals surface area contributed by atoms with Crippen molar-refractivity contribution in [1.29, 1.82) is 0 Å². The molecule has 0 unspecified atom stereocenters. The minimum Gasteiger partial charge on any atom is -0.399 e. The van der Waals surface area contributed by atoms with E-state index in [0.29, 0.717) is 22.8 Å². The predicted molar refractivity (Wildman–Crippen MR) is 71.2 cm³/mol. The molecular formula is C11H15ClN2OS. The van der Waals surface area contributed by atoms with Crippen molar-refractivity contribution in [2.75, 3.05) is 31.3 Å². The first-order valence-corrected chi connectivity index (χ1v) is 6.62. The van der Waals surface area contributed by atoms with Gasteiger partial charge in [0.2, 0.25) is 0 Å². The van der Waals surface area contributed by atoms with Crippen molar-refractivity contribution >= 4 is 35.0 Å². The van der Waals surface area contributed by atoms with Gasteiger partial charge in [-0.05, 0) is 24.5 Å². The first-order valence-electron chi connectivity index (χ1n) is 4.85. The summed E-state index contributed by atoms with van der Waals surface area (Å²) in [7, 11) is 1.77. The van der Waals surface area contributed by atoms with Crippen LogP contribution >= 0.6 is 23.4 Å². The lowest BCUT2D eigenvalue weighted by Crippen LogP contribution is -2.28. The molecule has 16 heavy (non-hydrogen) atoms. The van der Waals surface area contributed by atoms with Gasteiger partial charge in [0.05, 0.1) is 0 Å². The number of carbonyl (C=O) groups is 1. The van der Waals surface area contributed by atoms with Crippen LogP contribution in [-0.2, 0) is 0 Å². The molecule has 0 bridgehead atoms. The Morgan fingerprint density at radius 1 is 1.50 bits per heavy atom. The molecule has 0 fully saturated rings. The average molecular weight is 259 g/mol. The zero-order valence-corrected chi connectivity index (χ0v) is 10.9. The van der Waals surface area contributed by atoms with Crippen molar-refractivity contribution < 1.29 is 4.79 Å². The fourth-order valence-electron chi connectivity index (χ4n) is 1.29. The van der Waals surface area contributed by atoms with Crippen LogP contribution in [0.25, 0.3) is 0 Å². The summed E-state index contributed by atoms with van der Waals surface area (Å²) in [5, 5.41) is 0.488. The number of rotatable bonds is 4. The fraction of sp³-hybridized carbons (Fsp3) is 0.364. The Hall–Kier alpha value is -0.870. The van der Waals surface area contributed by atoms with Gasteiger partial charge in [0.25, 0.3) is 5.91 Å². The third-order valence-electron chi connectivity index (χ3n) is 2.14. The van der Waals surface area contributed by atoms with Gasteiger partial charge in [-0.1, -0.05) is 11.6 Å². The lowest BCUT2D eigenvalue weighted by Gasteiger charge is -2.16. The molecule has 1 amide bonds. The van der Waals surface area contributed by atoms with Crippen molar-refractivity contribution in [2.24, 2.45) is 0 Å². The van der Waals surface area contributed by atoms with Crippen LogP contribution in [-0.4, -0.2) is 36.4 Å². The maximum atomic E-state index is 12.0. The number of amides is 1. The molecule has 1 aromatic carbocycles. The highest BCUT2D eigenvalue weighted by molar-refractivity contribution is 7.98. The van der Waals surface area contributed by atoms with Gasteiger partial charge >= 0.3 is 0 Å². The van der Waals surface area contributed by atoms with Crippen LogP contribution < -0.4 is 5.73 Å². The van der Waals surface area contributed by atoms with E-state index in [2.05, 4.69) is 0 Å². The van der Waals surface area contributed by atoms with Crippen molar-refractivity contribution in [3.8, 4) is 0 Å². The molecule has 0 radical (unpaired) electrons. The maximum absolute atomic E-state index is 12.0. The summed E-state index contributed by atoms with van der Waals surface area (Å²) >= 11 is 7.55. The highest BCUT2D eigenvalue weighted by atomic mass is 35.5. The van der Waals surface area contributed by atoms with Crippen LogP contribution in [0.3, 0.4) is 0 Å². The van der Waals surface area contributed by atoms with Crippen LogP contribution in [0.2, 0.25) is 5.02 Å². The third-order valence-corrected chi connectivity index (χ3v) is 2.95. The van der Waals surface area contributed by atoms with E-state index in [1.54, 1.807) is 41.9 Å². The quantitative estimate of drug-likeness (QED) is 0.844. The zero-order chi connectivity index (χ0) is 12.1. The van der Waals surface area contributed by atoms with E-state index in [1.807, 2.05) is 6.26 Å². The number of halogens is 1. The molecule has 3 nitrogen and oxygen atoms in total. The SMILES string of the molecule is CSCCN(C)C(=O)c1cc(N)cc(Cl)c1. The Morgan fingerprint density at radius 3 is 2.75 bits per heavy atom. The Kier molecular flexibility index (Phi) is 4.96. The molecule has 0 aromatic heterocycles. The van der Waals surface area contributed by atoms with Crippen LogP contribution in [0.5, 0.6) is 0 Å². The second kappa shape index (κ2) is 6.01. The molecule has 0 heterocycles. The predicted octanol–water partition coefficient (Wildman–Crippen LogP) is 2.36. The van der Waals surface area contributed by atoms with Crippen molar-refractivity contribution in [2.45, 2.75) is 0 Å². The number of carbonyl (C=O) groups excluding carboxylic acids is 1. The van der Waals surface area contributed by atoms with Crippen LogP contribution in [0.15, 0.2) is 18.2 Å². The monoisotopic (exact) mass is 258 g/mol. The molecule has 0 saturated heterocycles. The lowest BCUT2D eigenvalue weighted by atomic mass is 10.2. The molecule has 88 valence electrons. The minimum atomic E-state index is -0.0525.